The van der Waals surface area contributed by atoms with Crippen molar-refractivity contribution in [3.63, 3.8) is 0 Å². The van der Waals surface area contributed by atoms with Crippen LogP contribution >= 0.6 is 0 Å². The van der Waals surface area contributed by atoms with Crippen LogP contribution in [0.25, 0.3) is 11.1 Å². The first-order valence-electron chi connectivity index (χ1n) is 6.72. The molecule has 1 radical (unpaired) electrons. The third kappa shape index (κ3) is 2.08. The van der Waals surface area contributed by atoms with E-state index < -0.39 is 29.3 Å². The Hall–Kier alpha value is -2.25. The van der Waals surface area contributed by atoms with Crippen molar-refractivity contribution in [2.24, 2.45) is 0 Å². The van der Waals surface area contributed by atoms with E-state index in [0.29, 0.717) is 17.2 Å². The second kappa shape index (κ2) is 4.87. The van der Waals surface area contributed by atoms with Gasteiger partial charge in [0.1, 0.15) is 0 Å². The van der Waals surface area contributed by atoms with Gasteiger partial charge in [-0.05, 0) is 22.8 Å². The molecule has 0 saturated heterocycles. The molecule has 1 aliphatic rings. The average Bonchev–Trinajstić information content (AvgIpc) is 2.86. The second-order valence-corrected chi connectivity index (χ2v) is 5.45. The minimum Gasteiger partial charge on any atom is -0.289 e. The highest BCUT2D eigenvalue weighted by Crippen LogP contribution is 2.55. The molecule has 0 aromatic heterocycles. The summed E-state index contributed by atoms with van der Waals surface area (Å²) in [7, 11) is 0. The molecule has 0 unspecified atom stereocenters. The quantitative estimate of drug-likeness (QED) is 0.530. The Morgan fingerprint density at radius 3 is 2.04 bits per heavy atom. The maximum Gasteiger partial charge on any atom is 0.460 e. The molecule has 2 aromatic carbocycles. The molecule has 1 nitrogen and oxygen atoms in total. The minimum absolute atomic E-state index is 0.0914. The molecule has 2 aromatic rings. The summed E-state index contributed by atoms with van der Waals surface area (Å²) in [4.78, 5) is 0. The van der Waals surface area contributed by atoms with Crippen molar-refractivity contribution in [1.29, 1.82) is 0 Å². The zero-order valence-electron chi connectivity index (χ0n) is 11.7. The van der Waals surface area contributed by atoms with Gasteiger partial charge in [0.05, 0.1) is 5.56 Å². The van der Waals surface area contributed by atoms with Gasteiger partial charge in [-0.15, -0.1) is 0 Å². The normalized spacial score (nSPS) is 14.5. The van der Waals surface area contributed by atoms with E-state index in [1.165, 1.54) is 0 Å². The van der Waals surface area contributed by atoms with Gasteiger partial charge in [0, 0.05) is 12.0 Å². The van der Waals surface area contributed by atoms with Crippen LogP contribution in [-0.2, 0) is 17.4 Å². The SMILES string of the molecule is [O]c1c(C(F)(F)C(F)(F)C(F)(F)F)ccc2c1Cc1ccccc1-2. The minimum atomic E-state index is -6.48. The number of hydrogen-bond donors (Lipinski definition) is 0. The lowest BCUT2D eigenvalue weighted by Crippen LogP contribution is -2.50. The molecule has 0 aliphatic heterocycles. The lowest BCUT2D eigenvalue weighted by molar-refractivity contribution is -0.359. The highest BCUT2D eigenvalue weighted by atomic mass is 19.4. The summed E-state index contributed by atoms with van der Waals surface area (Å²) in [6, 6.07) is 7.85. The first-order chi connectivity index (χ1) is 11.0. The predicted octanol–water partition coefficient (Wildman–Crippen LogP) is 5.69. The van der Waals surface area contributed by atoms with Crippen LogP contribution < -0.4 is 0 Å². The first-order valence-corrected chi connectivity index (χ1v) is 6.72. The number of alkyl halides is 7. The molecule has 0 saturated carbocycles. The molecule has 24 heavy (non-hydrogen) atoms. The maximum absolute atomic E-state index is 13.8. The molecule has 0 N–H and O–H groups in total. The van der Waals surface area contributed by atoms with Crippen molar-refractivity contribution in [3.05, 3.63) is 53.1 Å². The van der Waals surface area contributed by atoms with Gasteiger partial charge < -0.3 is 0 Å². The van der Waals surface area contributed by atoms with Crippen LogP contribution in [-0.4, -0.2) is 12.1 Å². The van der Waals surface area contributed by atoms with Gasteiger partial charge in [-0.3, -0.25) is 5.11 Å². The van der Waals surface area contributed by atoms with E-state index in [2.05, 4.69) is 0 Å². The number of benzene rings is 2. The molecule has 3 rings (SSSR count). The van der Waals surface area contributed by atoms with E-state index in [1.807, 2.05) is 0 Å². The van der Waals surface area contributed by atoms with E-state index in [0.717, 1.165) is 6.07 Å². The molecule has 0 bridgehead atoms. The van der Waals surface area contributed by atoms with E-state index in [9.17, 15) is 35.8 Å². The fourth-order valence-electron chi connectivity index (χ4n) is 2.78. The van der Waals surface area contributed by atoms with Gasteiger partial charge in [-0.25, -0.2) is 0 Å². The zero-order valence-corrected chi connectivity index (χ0v) is 11.7. The Morgan fingerprint density at radius 1 is 0.792 bits per heavy atom. The van der Waals surface area contributed by atoms with Crippen LogP contribution in [0.3, 0.4) is 0 Å². The summed E-state index contributed by atoms with van der Waals surface area (Å²) in [5.74, 6) is -13.5. The first kappa shape index (κ1) is 16.6. The van der Waals surface area contributed by atoms with Crippen molar-refractivity contribution in [1.82, 2.24) is 0 Å². The van der Waals surface area contributed by atoms with E-state index >= 15 is 0 Å². The zero-order chi connectivity index (χ0) is 17.9. The molecule has 0 fully saturated rings. The average molecular weight is 349 g/mol. The third-order valence-corrected chi connectivity index (χ3v) is 4.02. The van der Waals surface area contributed by atoms with Crippen molar-refractivity contribution in [2.75, 3.05) is 0 Å². The summed E-state index contributed by atoms with van der Waals surface area (Å²) in [6.07, 6.45) is -6.57. The third-order valence-electron chi connectivity index (χ3n) is 4.02. The molecule has 0 spiro atoms. The lowest BCUT2D eigenvalue weighted by atomic mass is 9.95. The standard InChI is InChI=1S/C16H8F7O/c17-14(18,15(19,20)16(21,22)23)12-6-5-10-9-4-2-1-3-8(9)7-11(10)13(12)24/h1-6H,7H2. The topological polar surface area (TPSA) is 19.9 Å². The van der Waals surface area contributed by atoms with Crippen LogP contribution in [0.5, 0.6) is 5.75 Å². The second-order valence-electron chi connectivity index (χ2n) is 5.45. The molecule has 127 valence electrons. The van der Waals surface area contributed by atoms with Crippen LogP contribution in [0.1, 0.15) is 16.7 Å². The van der Waals surface area contributed by atoms with Crippen LogP contribution in [0.4, 0.5) is 30.7 Å². The van der Waals surface area contributed by atoms with Crippen molar-refractivity contribution >= 4 is 0 Å². The fourth-order valence-corrected chi connectivity index (χ4v) is 2.78. The fraction of sp³-hybridized carbons (Fsp3) is 0.250. The van der Waals surface area contributed by atoms with E-state index in [1.54, 1.807) is 24.3 Å². The molecule has 0 atom stereocenters. The molecule has 1 aliphatic carbocycles. The predicted molar refractivity (Wildman–Crippen MR) is 69.7 cm³/mol. The van der Waals surface area contributed by atoms with Gasteiger partial charge in [-0.2, -0.15) is 30.7 Å². The summed E-state index contributed by atoms with van der Waals surface area (Å²) in [5, 5.41) is 12.2. The Labute approximate surface area is 131 Å². The van der Waals surface area contributed by atoms with Crippen LogP contribution in [0, 0.1) is 0 Å². The monoisotopic (exact) mass is 349 g/mol. The Kier molecular flexibility index (Phi) is 3.37. The van der Waals surface area contributed by atoms with Gasteiger partial charge in [-0.1, -0.05) is 30.3 Å². The van der Waals surface area contributed by atoms with Gasteiger partial charge in [0.15, 0.2) is 5.75 Å². The maximum atomic E-state index is 13.8. The molecule has 0 heterocycles. The summed E-state index contributed by atoms with van der Waals surface area (Å²) >= 11 is 0. The molecule has 8 heteroatoms. The number of fused-ring (bicyclic) bond motifs is 3. The van der Waals surface area contributed by atoms with Gasteiger partial charge in [0.2, 0.25) is 0 Å². The Bertz CT molecular complexity index is 809. The largest absolute Gasteiger partial charge is 0.460 e. The number of rotatable bonds is 2. The molecular weight excluding hydrogens is 341 g/mol. The summed E-state index contributed by atoms with van der Waals surface area (Å²) in [6.45, 7) is 0. The Balaban J connectivity index is 2.15. The van der Waals surface area contributed by atoms with Gasteiger partial charge >= 0.3 is 18.0 Å². The van der Waals surface area contributed by atoms with Crippen LogP contribution in [0.15, 0.2) is 36.4 Å². The summed E-state index contributed by atoms with van der Waals surface area (Å²) < 4.78 is 90.9. The smallest absolute Gasteiger partial charge is 0.289 e. The van der Waals surface area contributed by atoms with Crippen molar-refractivity contribution in [2.45, 2.75) is 24.4 Å². The molecule has 0 amide bonds. The molecular formula is C16H8F7O. The van der Waals surface area contributed by atoms with Crippen molar-refractivity contribution < 1.29 is 35.8 Å². The van der Waals surface area contributed by atoms with E-state index in [-0.39, 0.29) is 17.5 Å². The summed E-state index contributed by atoms with van der Waals surface area (Å²) in [5.41, 5.74) is -0.595. The van der Waals surface area contributed by atoms with Crippen LogP contribution in [0.2, 0.25) is 0 Å². The number of halogens is 7. The Morgan fingerprint density at radius 2 is 1.42 bits per heavy atom. The number of hydrogen-bond acceptors (Lipinski definition) is 0. The van der Waals surface area contributed by atoms with E-state index in [4.69, 9.17) is 0 Å². The van der Waals surface area contributed by atoms with Gasteiger partial charge in [0.25, 0.3) is 0 Å². The highest BCUT2D eigenvalue weighted by molar-refractivity contribution is 5.79. The van der Waals surface area contributed by atoms with Crippen molar-refractivity contribution in [3.8, 4) is 16.9 Å². The lowest BCUT2D eigenvalue weighted by Gasteiger charge is -2.28. The highest BCUT2D eigenvalue weighted by Gasteiger charge is 2.74.